The minimum atomic E-state index is -0.295. The van der Waals surface area contributed by atoms with Gasteiger partial charge in [0.1, 0.15) is 17.1 Å². The molecule has 1 aliphatic heterocycles. The molecule has 0 amide bonds. The van der Waals surface area contributed by atoms with E-state index in [1.807, 2.05) is 36.4 Å². The Kier molecular flexibility index (Phi) is 3.96. The van der Waals surface area contributed by atoms with Gasteiger partial charge in [-0.25, -0.2) is 4.79 Å². The summed E-state index contributed by atoms with van der Waals surface area (Å²) in [6, 6.07) is 15.5. The van der Waals surface area contributed by atoms with Crippen LogP contribution in [0.3, 0.4) is 0 Å². The van der Waals surface area contributed by atoms with Gasteiger partial charge in [0.25, 0.3) is 0 Å². The predicted molar refractivity (Wildman–Crippen MR) is 96.6 cm³/mol. The highest BCUT2D eigenvalue weighted by Crippen LogP contribution is 2.40. The van der Waals surface area contributed by atoms with Crippen molar-refractivity contribution < 1.29 is 13.9 Å². The fourth-order valence-electron chi connectivity index (χ4n) is 3.59. The second kappa shape index (κ2) is 6.28. The van der Waals surface area contributed by atoms with Crippen molar-refractivity contribution in [3.63, 3.8) is 0 Å². The Balaban J connectivity index is 1.70. The van der Waals surface area contributed by atoms with Gasteiger partial charge in [0.2, 0.25) is 0 Å². The molecule has 0 N–H and O–H groups in total. The van der Waals surface area contributed by atoms with Crippen molar-refractivity contribution in [2.45, 2.75) is 19.3 Å². The molecule has 0 fully saturated rings. The van der Waals surface area contributed by atoms with E-state index in [4.69, 9.17) is 13.9 Å². The normalized spacial score (nSPS) is 19.3. The molecule has 2 heterocycles. The first-order valence-electron chi connectivity index (χ1n) is 8.49. The molecule has 2 atom stereocenters. The number of benzene rings is 2. The van der Waals surface area contributed by atoms with Gasteiger partial charge < -0.3 is 13.9 Å². The lowest BCUT2D eigenvalue weighted by Gasteiger charge is -2.31. The zero-order chi connectivity index (χ0) is 17.4. The molecule has 0 saturated carbocycles. The first-order valence-corrected chi connectivity index (χ1v) is 8.49. The summed E-state index contributed by atoms with van der Waals surface area (Å²) in [6.07, 6.45) is 0.823. The third-order valence-electron chi connectivity index (χ3n) is 5.04. The van der Waals surface area contributed by atoms with Crippen LogP contribution in [0, 0.1) is 5.92 Å². The molecule has 3 aromatic rings. The monoisotopic (exact) mass is 336 g/mol. The molecule has 0 aliphatic carbocycles. The third kappa shape index (κ3) is 2.78. The van der Waals surface area contributed by atoms with Gasteiger partial charge in [0.05, 0.1) is 24.7 Å². The quantitative estimate of drug-likeness (QED) is 0.674. The Bertz CT molecular complexity index is 973. The average molecular weight is 336 g/mol. The van der Waals surface area contributed by atoms with E-state index in [-0.39, 0.29) is 17.5 Å². The lowest BCUT2D eigenvalue weighted by atomic mass is 9.82. The molecule has 0 bridgehead atoms. The third-order valence-corrected chi connectivity index (χ3v) is 5.04. The summed E-state index contributed by atoms with van der Waals surface area (Å²) in [4.78, 5) is 12.5. The van der Waals surface area contributed by atoms with Gasteiger partial charge in [0.15, 0.2) is 0 Å². The second-order valence-electron chi connectivity index (χ2n) is 6.54. The number of fused-ring (bicyclic) bond motifs is 3. The average Bonchev–Trinajstić information content (AvgIpc) is 2.64. The maximum absolute atomic E-state index is 12.5. The van der Waals surface area contributed by atoms with Gasteiger partial charge in [-0.2, -0.15) is 0 Å². The first-order chi connectivity index (χ1) is 12.2. The SMILES string of the molecule is COc1cccc(CC2COc3c(c(=O)oc4ccccc34)C2C)c1. The van der Waals surface area contributed by atoms with Gasteiger partial charge in [-0.1, -0.05) is 31.2 Å². The number of para-hydroxylation sites is 1. The first kappa shape index (κ1) is 15.8. The smallest absolute Gasteiger partial charge is 0.343 e. The summed E-state index contributed by atoms with van der Waals surface area (Å²) in [5.74, 6) is 1.80. The molecule has 4 heteroatoms. The van der Waals surface area contributed by atoms with E-state index < -0.39 is 0 Å². The zero-order valence-corrected chi connectivity index (χ0v) is 14.3. The van der Waals surface area contributed by atoms with Crippen molar-refractivity contribution in [2.75, 3.05) is 13.7 Å². The molecule has 1 aromatic heterocycles. The number of rotatable bonds is 3. The van der Waals surface area contributed by atoms with Crippen molar-refractivity contribution in [1.29, 1.82) is 0 Å². The summed E-state index contributed by atoms with van der Waals surface area (Å²) in [7, 11) is 1.66. The Labute approximate surface area is 146 Å². The summed E-state index contributed by atoms with van der Waals surface area (Å²) in [5, 5.41) is 0.865. The highest BCUT2D eigenvalue weighted by molar-refractivity contribution is 5.84. The summed E-state index contributed by atoms with van der Waals surface area (Å²) in [5.41, 5.74) is 2.10. The minimum absolute atomic E-state index is 0.0656. The fraction of sp³-hybridized carbons (Fsp3) is 0.286. The minimum Gasteiger partial charge on any atom is -0.497 e. The summed E-state index contributed by atoms with van der Waals surface area (Å²) >= 11 is 0. The van der Waals surface area contributed by atoms with E-state index in [0.29, 0.717) is 23.5 Å². The lowest BCUT2D eigenvalue weighted by Crippen LogP contribution is -2.30. The standard InChI is InChI=1S/C21H20O4/c1-13-15(10-14-6-5-7-16(11-14)23-2)12-24-20-17-8-3-4-9-18(17)25-21(22)19(13)20/h3-9,11,13,15H,10,12H2,1-2H3. The number of hydrogen-bond donors (Lipinski definition) is 0. The van der Waals surface area contributed by atoms with Crippen LogP contribution in [0.5, 0.6) is 11.5 Å². The molecule has 0 saturated heterocycles. The van der Waals surface area contributed by atoms with Crippen molar-refractivity contribution in [2.24, 2.45) is 5.92 Å². The van der Waals surface area contributed by atoms with Gasteiger partial charge in [-0.3, -0.25) is 0 Å². The molecule has 2 aromatic carbocycles. The number of methoxy groups -OCH3 is 1. The maximum atomic E-state index is 12.5. The van der Waals surface area contributed by atoms with Crippen LogP contribution in [0.4, 0.5) is 0 Å². The van der Waals surface area contributed by atoms with Crippen LogP contribution in [0.2, 0.25) is 0 Å². The van der Waals surface area contributed by atoms with E-state index in [1.54, 1.807) is 13.2 Å². The van der Waals surface area contributed by atoms with Gasteiger partial charge >= 0.3 is 5.63 Å². The molecule has 0 spiro atoms. The summed E-state index contributed by atoms with van der Waals surface area (Å²) < 4.78 is 16.8. The molecule has 1 aliphatic rings. The van der Waals surface area contributed by atoms with Crippen LogP contribution in [0.1, 0.15) is 24.0 Å². The second-order valence-corrected chi connectivity index (χ2v) is 6.54. The van der Waals surface area contributed by atoms with E-state index >= 15 is 0 Å². The molecule has 0 radical (unpaired) electrons. The Morgan fingerprint density at radius 3 is 2.84 bits per heavy atom. The molecule has 25 heavy (non-hydrogen) atoms. The molecule has 4 rings (SSSR count). The molecule has 4 nitrogen and oxygen atoms in total. The van der Waals surface area contributed by atoms with E-state index in [2.05, 4.69) is 13.0 Å². The highest BCUT2D eigenvalue weighted by Gasteiger charge is 2.32. The van der Waals surface area contributed by atoms with Gasteiger partial charge in [-0.05, 0) is 42.2 Å². The van der Waals surface area contributed by atoms with Crippen molar-refractivity contribution in [3.05, 3.63) is 70.1 Å². The van der Waals surface area contributed by atoms with E-state index in [9.17, 15) is 4.79 Å². The highest BCUT2D eigenvalue weighted by atomic mass is 16.5. The Hall–Kier alpha value is -2.75. The van der Waals surface area contributed by atoms with E-state index in [0.717, 1.165) is 17.6 Å². The number of hydrogen-bond acceptors (Lipinski definition) is 4. The van der Waals surface area contributed by atoms with Crippen LogP contribution >= 0.6 is 0 Å². The number of ether oxygens (including phenoxy) is 2. The van der Waals surface area contributed by atoms with Crippen LogP contribution in [-0.4, -0.2) is 13.7 Å². The topological polar surface area (TPSA) is 48.7 Å². The van der Waals surface area contributed by atoms with Crippen LogP contribution < -0.4 is 15.1 Å². The van der Waals surface area contributed by atoms with Crippen LogP contribution in [0.15, 0.2) is 57.7 Å². The molecular weight excluding hydrogens is 316 g/mol. The maximum Gasteiger partial charge on any atom is 0.343 e. The molecular formula is C21H20O4. The molecule has 2 unspecified atom stereocenters. The van der Waals surface area contributed by atoms with Crippen molar-refractivity contribution >= 4 is 11.0 Å². The Morgan fingerprint density at radius 1 is 1.16 bits per heavy atom. The van der Waals surface area contributed by atoms with Crippen LogP contribution in [-0.2, 0) is 6.42 Å². The van der Waals surface area contributed by atoms with Crippen LogP contribution in [0.25, 0.3) is 11.0 Å². The van der Waals surface area contributed by atoms with Crippen molar-refractivity contribution in [3.8, 4) is 11.5 Å². The zero-order valence-electron chi connectivity index (χ0n) is 14.3. The van der Waals surface area contributed by atoms with Crippen molar-refractivity contribution in [1.82, 2.24) is 0 Å². The largest absolute Gasteiger partial charge is 0.497 e. The van der Waals surface area contributed by atoms with Gasteiger partial charge in [0, 0.05) is 5.92 Å². The Morgan fingerprint density at radius 2 is 2.00 bits per heavy atom. The van der Waals surface area contributed by atoms with E-state index in [1.165, 1.54) is 5.56 Å². The predicted octanol–water partition coefficient (Wildman–Crippen LogP) is 4.16. The fourth-order valence-corrected chi connectivity index (χ4v) is 3.59. The summed E-state index contributed by atoms with van der Waals surface area (Å²) in [6.45, 7) is 2.66. The lowest BCUT2D eigenvalue weighted by molar-refractivity contribution is 0.196. The van der Waals surface area contributed by atoms with Gasteiger partial charge in [-0.15, -0.1) is 0 Å². The molecule has 128 valence electrons.